The molecule has 3 aromatic rings. The summed E-state index contributed by atoms with van der Waals surface area (Å²) in [5, 5.41) is 2.48. The van der Waals surface area contributed by atoms with Crippen LogP contribution >= 0.6 is 0 Å². The van der Waals surface area contributed by atoms with E-state index in [0.717, 1.165) is 42.6 Å². The van der Waals surface area contributed by atoms with Gasteiger partial charge in [0.05, 0.1) is 22.9 Å². The van der Waals surface area contributed by atoms with E-state index in [9.17, 15) is 31.1 Å². The summed E-state index contributed by atoms with van der Waals surface area (Å²) in [6, 6.07) is 9.18. The highest BCUT2D eigenvalue weighted by Gasteiger charge is 2.37. The molecule has 0 saturated heterocycles. The molecule has 2 aromatic heterocycles. The predicted octanol–water partition coefficient (Wildman–Crippen LogP) is 5.35. The Bertz CT molecular complexity index is 1050. The number of pyridine rings is 2. The number of halogens is 6. The first-order valence-electron chi connectivity index (χ1n) is 9.44. The molecular formula is C22H17F6N3O. The molecule has 0 bridgehead atoms. The molecular weight excluding hydrogens is 436 g/mol. The zero-order chi connectivity index (χ0) is 23.4. The van der Waals surface area contributed by atoms with Crippen LogP contribution in [0.4, 0.5) is 26.3 Å². The molecule has 2 heterocycles. The summed E-state index contributed by atoms with van der Waals surface area (Å²) in [5.41, 5.74) is -1.91. The highest BCUT2D eigenvalue weighted by Crippen LogP contribution is 2.36. The normalized spacial score (nSPS) is 12.9. The number of benzene rings is 1. The first-order valence-corrected chi connectivity index (χ1v) is 9.44. The van der Waals surface area contributed by atoms with E-state index in [4.69, 9.17) is 0 Å². The molecule has 0 unspecified atom stereocenters. The van der Waals surface area contributed by atoms with Crippen molar-refractivity contribution < 1.29 is 31.1 Å². The lowest BCUT2D eigenvalue weighted by Crippen LogP contribution is -2.32. The minimum absolute atomic E-state index is 0.0355. The molecule has 1 N–H and O–H groups in total. The Morgan fingerprint density at radius 3 is 2.12 bits per heavy atom. The van der Waals surface area contributed by atoms with Gasteiger partial charge in [-0.2, -0.15) is 26.3 Å². The molecule has 1 aromatic carbocycles. The number of alkyl halides is 6. The van der Waals surface area contributed by atoms with Crippen molar-refractivity contribution in [2.45, 2.75) is 31.2 Å². The van der Waals surface area contributed by atoms with Gasteiger partial charge in [0, 0.05) is 24.5 Å². The number of nitrogens with one attached hydrogen (secondary N) is 1. The van der Waals surface area contributed by atoms with Gasteiger partial charge in [0.15, 0.2) is 0 Å². The number of carbonyl (C=O) groups is 1. The molecule has 10 heteroatoms. The summed E-state index contributed by atoms with van der Waals surface area (Å²) in [5.74, 6) is -0.598. The van der Waals surface area contributed by atoms with Crippen LogP contribution < -0.4 is 5.32 Å². The van der Waals surface area contributed by atoms with E-state index in [1.807, 2.05) is 0 Å². The molecule has 1 amide bonds. The zero-order valence-electron chi connectivity index (χ0n) is 16.4. The van der Waals surface area contributed by atoms with Gasteiger partial charge in [-0.1, -0.05) is 18.2 Å². The van der Waals surface area contributed by atoms with Crippen LogP contribution in [0.1, 0.15) is 40.5 Å². The Balaban J connectivity index is 1.92. The summed E-state index contributed by atoms with van der Waals surface area (Å²) in [7, 11) is 0. The van der Waals surface area contributed by atoms with Gasteiger partial charge in [0.1, 0.15) is 0 Å². The topological polar surface area (TPSA) is 54.9 Å². The maximum absolute atomic E-state index is 13.5. The van der Waals surface area contributed by atoms with Crippen molar-refractivity contribution in [2.75, 3.05) is 0 Å². The summed E-state index contributed by atoms with van der Waals surface area (Å²) in [4.78, 5) is 20.4. The Kier molecular flexibility index (Phi) is 6.81. The van der Waals surface area contributed by atoms with Gasteiger partial charge < -0.3 is 5.32 Å². The Labute approximate surface area is 179 Å². The second kappa shape index (κ2) is 9.37. The van der Waals surface area contributed by atoms with Crippen molar-refractivity contribution in [1.29, 1.82) is 0 Å². The highest BCUT2D eigenvalue weighted by molar-refractivity contribution is 5.77. The molecule has 1 atom stereocenters. The highest BCUT2D eigenvalue weighted by atomic mass is 19.4. The third kappa shape index (κ3) is 5.83. The van der Waals surface area contributed by atoms with E-state index < -0.39 is 41.1 Å². The van der Waals surface area contributed by atoms with Crippen LogP contribution in [-0.4, -0.2) is 15.9 Å². The lowest BCUT2D eigenvalue weighted by atomic mass is 9.97. The smallest absolute Gasteiger partial charge is 0.344 e. The third-order valence-electron chi connectivity index (χ3n) is 4.63. The lowest BCUT2D eigenvalue weighted by Gasteiger charge is -2.23. The van der Waals surface area contributed by atoms with Crippen LogP contribution in [0, 0.1) is 0 Å². The number of hydrogen-bond donors (Lipinski definition) is 1. The Hall–Kier alpha value is -3.43. The summed E-state index contributed by atoms with van der Waals surface area (Å²) >= 11 is 0. The van der Waals surface area contributed by atoms with Gasteiger partial charge in [-0.05, 0) is 48.4 Å². The van der Waals surface area contributed by atoms with Crippen molar-refractivity contribution in [1.82, 2.24) is 15.3 Å². The molecule has 0 spiro atoms. The first-order chi connectivity index (χ1) is 15.1. The number of carbonyl (C=O) groups excluding carboxylic acids is 1. The second-order valence-electron chi connectivity index (χ2n) is 6.88. The van der Waals surface area contributed by atoms with Crippen molar-refractivity contribution >= 4 is 5.91 Å². The van der Waals surface area contributed by atoms with E-state index >= 15 is 0 Å². The number of hydrogen-bond acceptors (Lipinski definition) is 3. The van der Waals surface area contributed by atoms with Crippen molar-refractivity contribution in [3.8, 4) is 0 Å². The standard InChI is InChI=1S/C22H17F6N3O/c23-21(24,25)15-8-6-14(7-9-15)19(20-17(22(26,27)28)5-3-13-30-20)31-18(32)11-10-16-4-1-2-12-29-16/h1-9,12-13,19H,10-11H2,(H,31,32)/t19-/m0/s1. The van der Waals surface area contributed by atoms with E-state index in [1.165, 1.54) is 0 Å². The van der Waals surface area contributed by atoms with Crippen LogP contribution in [0.5, 0.6) is 0 Å². The molecule has 3 rings (SSSR count). The van der Waals surface area contributed by atoms with Crippen LogP contribution in [0.3, 0.4) is 0 Å². The molecule has 32 heavy (non-hydrogen) atoms. The maximum Gasteiger partial charge on any atom is 0.418 e. The van der Waals surface area contributed by atoms with E-state index in [2.05, 4.69) is 15.3 Å². The number of aromatic nitrogens is 2. The van der Waals surface area contributed by atoms with Gasteiger partial charge >= 0.3 is 12.4 Å². The van der Waals surface area contributed by atoms with Crippen molar-refractivity contribution in [3.63, 3.8) is 0 Å². The van der Waals surface area contributed by atoms with Gasteiger partial charge in [-0.25, -0.2) is 0 Å². The van der Waals surface area contributed by atoms with Gasteiger partial charge in [-0.3, -0.25) is 14.8 Å². The molecule has 0 aliphatic rings. The number of rotatable bonds is 6. The fourth-order valence-electron chi connectivity index (χ4n) is 3.08. The fourth-order valence-corrected chi connectivity index (χ4v) is 3.08. The molecule has 4 nitrogen and oxygen atoms in total. The average Bonchev–Trinajstić information content (AvgIpc) is 2.76. The zero-order valence-corrected chi connectivity index (χ0v) is 16.4. The van der Waals surface area contributed by atoms with Crippen molar-refractivity contribution in [2.24, 2.45) is 0 Å². The molecule has 0 aliphatic heterocycles. The molecule has 0 aliphatic carbocycles. The average molecular weight is 453 g/mol. The Morgan fingerprint density at radius 2 is 1.53 bits per heavy atom. The number of amides is 1. The summed E-state index contributed by atoms with van der Waals surface area (Å²) in [6.45, 7) is 0. The fraction of sp³-hybridized carbons (Fsp3) is 0.227. The van der Waals surface area contributed by atoms with E-state index in [1.54, 1.807) is 24.4 Å². The van der Waals surface area contributed by atoms with Crippen LogP contribution in [0.2, 0.25) is 0 Å². The van der Waals surface area contributed by atoms with Gasteiger partial charge in [0.25, 0.3) is 0 Å². The van der Waals surface area contributed by atoms with Crippen LogP contribution in [0.15, 0.2) is 67.0 Å². The molecule has 0 fully saturated rings. The SMILES string of the molecule is O=C(CCc1ccccn1)N[C@@H](c1ccc(C(F)(F)F)cc1)c1ncccc1C(F)(F)F. The molecule has 168 valence electrons. The van der Waals surface area contributed by atoms with E-state index in [0.29, 0.717) is 5.69 Å². The summed E-state index contributed by atoms with van der Waals surface area (Å²) < 4.78 is 79.3. The monoisotopic (exact) mass is 453 g/mol. The minimum atomic E-state index is -4.77. The van der Waals surface area contributed by atoms with Crippen molar-refractivity contribution in [3.05, 3.63) is 95.1 Å². The lowest BCUT2D eigenvalue weighted by molar-refractivity contribution is -0.139. The van der Waals surface area contributed by atoms with Gasteiger partial charge in [0.2, 0.25) is 5.91 Å². The quantitative estimate of drug-likeness (QED) is 0.512. The number of nitrogens with zero attached hydrogens (tertiary/aromatic N) is 2. The number of aryl methyl sites for hydroxylation is 1. The first kappa shape index (κ1) is 23.2. The van der Waals surface area contributed by atoms with Gasteiger partial charge in [-0.15, -0.1) is 0 Å². The largest absolute Gasteiger partial charge is 0.418 e. The minimum Gasteiger partial charge on any atom is -0.344 e. The molecule has 0 radical (unpaired) electrons. The van der Waals surface area contributed by atoms with E-state index in [-0.39, 0.29) is 18.4 Å². The second-order valence-corrected chi connectivity index (χ2v) is 6.88. The molecule has 0 saturated carbocycles. The maximum atomic E-state index is 13.5. The predicted molar refractivity (Wildman–Crippen MR) is 103 cm³/mol. The summed E-state index contributed by atoms with van der Waals surface area (Å²) in [6.07, 6.45) is -6.55. The van der Waals surface area contributed by atoms with Crippen LogP contribution in [0.25, 0.3) is 0 Å². The third-order valence-corrected chi connectivity index (χ3v) is 4.63. The van der Waals surface area contributed by atoms with Crippen LogP contribution in [-0.2, 0) is 23.6 Å². The Morgan fingerprint density at radius 1 is 0.844 bits per heavy atom.